The first-order valence-electron chi connectivity index (χ1n) is 13.1. The summed E-state index contributed by atoms with van der Waals surface area (Å²) in [4.78, 5) is 27.6. The van der Waals surface area contributed by atoms with E-state index in [1.54, 1.807) is 56.3 Å². The standard InChI is InChI=1S/C32H33F2NO6/c1-6-41-31(37)30-32(2,21-10-14-23(34)15-11-21)27(24(36)16-9-19-7-12-22(33)13-8-19)28(35-30)20-17-25(38-3)29(40-5)26(18-20)39-4/h7-18,27-28,30,35H,6H2,1-5H3/b16-9+/t27-,28+,30-,32+/m1/s1. The molecule has 4 atom stereocenters. The summed E-state index contributed by atoms with van der Waals surface area (Å²) in [6.07, 6.45) is 3.01. The molecule has 41 heavy (non-hydrogen) atoms. The van der Waals surface area contributed by atoms with E-state index >= 15 is 0 Å². The van der Waals surface area contributed by atoms with Gasteiger partial charge in [0.05, 0.1) is 33.9 Å². The minimum atomic E-state index is -1.17. The molecule has 0 unspecified atom stereocenters. The Bertz CT molecular complexity index is 1400. The van der Waals surface area contributed by atoms with E-state index < -0.39 is 41.0 Å². The quantitative estimate of drug-likeness (QED) is 0.260. The van der Waals surface area contributed by atoms with E-state index in [2.05, 4.69) is 5.32 Å². The summed E-state index contributed by atoms with van der Waals surface area (Å²) in [6, 6.07) is 13.2. The van der Waals surface area contributed by atoms with Gasteiger partial charge in [0, 0.05) is 11.5 Å². The second-order valence-electron chi connectivity index (χ2n) is 9.84. The maximum atomic E-state index is 14.2. The molecule has 1 aliphatic heterocycles. The highest BCUT2D eigenvalue weighted by atomic mass is 19.1. The summed E-state index contributed by atoms with van der Waals surface area (Å²) in [7, 11) is 4.46. The van der Waals surface area contributed by atoms with Crippen LogP contribution in [0.5, 0.6) is 17.2 Å². The maximum absolute atomic E-state index is 14.2. The molecule has 1 fully saturated rings. The van der Waals surface area contributed by atoms with Gasteiger partial charge >= 0.3 is 5.97 Å². The Morgan fingerprint density at radius 3 is 1.98 bits per heavy atom. The van der Waals surface area contributed by atoms with Crippen molar-refractivity contribution in [3.05, 3.63) is 95.1 Å². The second-order valence-corrected chi connectivity index (χ2v) is 9.84. The molecule has 3 aromatic rings. The van der Waals surface area contributed by atoms with Crippen molar-refractivity contribution < 1.29 is 37.3 Å². The van der Waals surface area contributed by atoms with Crippen LogP contribution in [-0.4, -0.2) is 45.7 Å². The molecule has 3 aromatic carbocycles. The van der Waals surface area contributed by atoms with Crippen molar-refractivity contribution in [1.82, 2.24) is 5.32 Å². The Morgan fingerprint density at radius 2 is 1.46 bits per heavy atom. The van der Waals surface area contributed by atoms with Crippen molar-refractivity contribution in [2.45, 2.75) is 31.3 Å². The Morgan fingerprint density at radius 1 is 0.902 bits per heavy atom. The zero-order chi connectivity index (χ0) is 29.7. The van der Waals surface area contributed by atoms with Gasteiger partial charge in [-0.3, -0.25) is 14.9 Å². The van der Waals surface area contributed by atoms with Gasteiger partial charge in [-0.1, -0.05) is 37.3 Å². The van der Waals surface area contributed by atoms with Crippen molar-refractivity contribution in [3.63, 3.8) is 0 Å². The number of allylic oxidation sites excluding steroid dienone is 1. The third-order valence-corrected chi connectivity index (χ3v) is 7.58. The van der Waals surface area contributed by atoms with Crippen LogP contribution < -0.4 is 19.5 Å². The van der Waals surface area contributed by atoms with E-state index in [9.17, 15) is 18.4 Å². The molecule has 1 saturated heterocycles. The molecule has 4 rings (SSSR count). The van der Waals surface area contributed by atoms with Crippen molar-refractivity contribution in [3.8, 4) is 17.2 Å². The van der Waals surface area contributed by atoms with Crippen LogP contribution in [0.1, 0.15) is 36.6 Å². The van der Waals surface area contributed by atoms with Crippen molar-refractivity contribution >= 4 is 17.8 Å². The van der Waals surface area contributed by atoms with E-state index in [0.29, 0.717) is 33.9 Å². The minimum Gasteiger partial charge on any atom is -0.493 e. The second kappa shape index (κ2) is 12.5. The molecular weight excluding hydrogens is 532 g/mol. The van der Waals surface area contributed by atoms with Gasteiger partial charge in [-0.15, -0.1) is 0 Å². The Kier molecular flexibility index (Phi) is 9.08. The zero-order valence-corrected chi connectivity index (χ0v) is 23.6. The average Bonchev–Trinajstić information content (AvgIpc) is 3.30. The van der Waals surface area contributed by atoms with Gasteiger partial charge in [0.25, 0.3) is 0 Å². The molecular formula is C32H33F2NO6. The van der Waals surface area contributed by atoms with E-state index in [1.165, 1.54) is 51.7 Å². The Balaban J connectivity index is 1.92. The number of hydrogen-bond acceptors (Lipinski definition) is 7. The van der Waals surface area contributed by atoms with Crippen LogP contribution in [0.3, 0.4) is 0 Å². The summed E-state index contributed by atoms with van der Waals surface area (Å²) in [5.74, 6) is -1.44. The van der Waals surface area contributed by atoms with Crippen LogP contribution in [0.4, 0.5) is 8.78 Å². The molecule has 0 aromatic heterocycles. The highest BCUT2D eigenvalue weighted by Crippen LogP contribution is 2.51. The number of benzene rings is 3. The molecule has 216 valence electrons. The number of ketones is 1. The zero-order valence-electron chi connectivity index (χ0n) is 23.6. The minimum absolute atomic E-state index is 0.133. The number of carbonyl (C=O) groups excluding carboxylic acids is 2. The fourth-order valence-electron chi connectivity index (χ4n) is 5.55. The SMILES string of the molecule is CCOC(=O)[C@H]1N[C@@H](c2cc(OC)c(OC)c(OC)c2)[C@@H](C(=O)/C=C/c2ccc(F)cc2)[C@]1(C)c1ccc(F)cc1. The van der Waals surface area contributed by atoms with Gasteiger partial charge in [-0.2, -0.15) is 0 Å². The van der Waals surface area contributed by atoms with Gasteiger partial charge in [0.2, 0.25) is 5.75 Å². The van der Waals surface area contributed by atoms with Crippen LogP contribution in [0.25, 0.3) is 6.08 Å². The number of carbonyl (C=O) groups is 2. The number of nitrogens with one attached hydrogen (secondary N) is 1. The Hall–Kier alpha value is -4.24. The summed E-state index contributed by atoms with van der Waals surface area (Å²) in [6.45, 7) is 3.63. The lowest BCUT2D eigenvalue weighted by atomic mass is 9.65. The van der Waals surface area contributed by atoms with Gasteiger partial charge in [-0.05, 0) is 66.1 Å². The topological polar surface area (TPSA) is 83.1 Å². The lowest BCUT2D eigenvalue weighted by Gasteiger charge is -2.35. The number of halogens is 2. The fraction of sp³-hybridized carbons (Fsp3) is 0.312. The highest BCUT2D eigenvalue weighted by Gasteiger charge is 2.59. The lowest BCUT2D eigenvalue weighted by molar-refractivity contribution is -0.147. The number of methoxy groups -OCH3 is 3. The van der Waals surface area contributed by atoms with Gasteiger partial charge in [0.15, 0.2) is 17.3 Å². The average molecular weight is 566 g/mol. The summed E-state index contributed by atoms with van der Waals surface area (Å²) < 4.78 is 49.5. The summed E-state index contributed by atoms with van der Waals surface area (Å²) in [5, 5.41) is 3.35. The van der Waals surface area contributed by atoms with Crippen LogP contribution in [-0.2, 0) is 19.7 Å². The number of hydrogen-bond donors (Lipinski definition) is 1. The third-order valence-electron chi connectivity index (χ3n) is 7.58. The summed E-state index contributed by atoms with van der Waals surface area (Å²) in [5.41, 5.74) is 0.636. The first-order valence-corrected chi connectivity index (χ1v) is 13.1. The van der Waals surface area contributed by atoms with Crippen LogP contribution in [0.2, 0.25) is 0 Å². The molecule has 0 spiro atoms. The first-order chi connectivity index (χ1) is 19.7. The molecule has 0 radical (unpaired) electrons. The van der Waals surface area contributed by atoms with Crippen molar-refractivity contribution in [2.24, 2.45) is 5.92 Å². The lowest BCUT2D eigenvalue weighted by Crippen LogP contribution is -2.48. The molecule has 0 saturated carbocycles. The predicted molar refractivity (Wildman–Crippen MR) is 150 cm³/mol. The van der Waals surface area contributed by atoms with Crippen molar-refractivity contribution in [2.75, 3.05) is 27.9 Å². The normalized spacial score (nSPS) is 22.0. The molecule has 7 nitrogen and oxygen atoms in total. The Labute approximate surface area is 238 Å². The van der Waals surface area contributed by atoms with Gasteiger partial charge in [0.1, 0.15) is 17.7 Å². The largest absolute Gasteiger partial charge is 0.493 e. The first kappa shape index (κ1) is 29.7. The van der Waals surface area contributed by atoms with Gasteiger partial charge < -0.3 is 18.9 Å². The van der Waals surface area contributed by atoms with Crippen LogP contribution >= 0.6 is 0 Å². The number of ether oxygens (including phenoxy) is 4. The molecule has 0 amide bonds. The molecule has 0 bridgehead atoms. The van der Waals surface area contributed by atoms with Crippen LogP contribution in [0, 0.1) is 17.6 Å². The maximum Gasteiger partial charge on any atom is 0.324 e. The monoisotopic (exact) mass is 565 g/mol. The molecule has 1 N–H and O–H groups in total. The predicted octanol–water partition coefficient (Wildman–Crippen LogP) is 5.42. The van der Waals surface area contributed by atoms with Crippen LogP contribution in [0.15, 0.2) is 66.7 Å². The fourth-order valence-corrected chi connectivity index (χ4v) is 5.55. The molecule has 0 aliphatic carbocycles. The number of rotatable bonds is 10. The molecule has 1 aliphatic rings. The van der Waals surface area contributed by atoms with E-state index in [4.69, 9.17) is 18.9 Å². The van der Waals surface area contributed by atoms with E-state index in [1.807, 2.05) is 0 Å². The molecule has 1 heterocycles. The smallest absolute Gasteiger partial charge is 0.324 e. The summed E-state index contributed by atoms with van der Waals surface area (Å²) >= 11 is 0. The third kappa shape index (κ3) is 5.81. The number of esters is 1. The van der Waals surface area contributed by atoms with Crippen molar-refractivity contribution in [1.29, 1.82) is 0 Å². The van der Waals surface area contributed by atoms with E-state index in [0.717, 1.165) is 0 Å². The van der Waals surface area contributed by atoms with Gasteiger partial charge in [-0.25, -0.2) is 8.78 Å². The van der Waals surface area contributed by atoms with E-state index in [-0.39, 0.29) is 12.4 Å². The molecule has 9 heteroatoms. The highest BCUT2D eigenvalue weighted by molar-refractivity contribution is 5.98.